The standard InChI is InChI=1S/C20H25N3O3.ClH/c1-15(2)22(3)19(24)18(13-16-7-5-4-6-8-16)23(20(25)26)14-17-9-11-21-12-10-17;/h4-12,15,18H,13-14H2,1-3H3,(H,25,26);1H/t18-;/m0./s1. The number of carboxylic acid groups (broad SMARTS) is 1. The van der Waals surface area contributed by atoms with Crippen molar-refractivity contribution in [3.8, 4) is 0 Å². The first-order valence-electron chi connectivity index (χ1n) is 8.59. The van der Waals surface area contributed by atoms with Crippen LogP contribution in [0, 0.1) is 0 Å². The van der Waals surface area contributed by atoms with E-state index in [9.17, 15) is 14.7 Å². The fourth-order valence-corrected chi connectivity index (χ4v) is 2.65. The summed E-state index contributed by atoms with van der Waals surface area (Å²) in [5.74, 6) is -0.208. The minimum Gasteiger partial charge on any atom is -0.465 e. The Morgan fingerprint density at radius 3 is 2.15 bits per heavy atom. The zero-order valence-corrected chi connectivity index (χ0v) is 16.6. The molecule has 1 heterocycles. The third-order valence-electron chi connectivity index (χ3n) is 4.40. The Morgan fingerprint density at radius 2 is 1.63 bits per heavy atom. The molecule has 1 aromatic heterocycles. The summed E-state index contributed by atoms with van der Waals surface area (Å²) >= 11 is 0. The van der Waals surface area contributed by atoms with Gasteiger partial charge >= 0.3 is 6.09 Å². The fraction of sp³-hybridized carbons (Fsp3) is 0.350. The zero-order chi connectivity index (χ0) is 19.1. The molecule has 1 N–H and O–H groups in total. The minimum atomic E-state index is -1.12. The van der Waals surface area contributed by atoms with Gasteiger partial charge < -0.3 is 10.0 Å². The molecule has 27 heavy (non-hydrogen) atoms. The van der Waals surface area contributed by atoms with E-state index >= 15 is 0 Å². The lowest BCUT2D eigenvalue weighted by Crippen LogP contribution is -2.51. The zero-order valence-electron chi connectivity index (χ0n) is 15.8. The van der Waals surface area contributed by atoms with Crippen LogP contribution >= 0.6 is 12.4 Å². The Kier molecular flexibility index (Phi) is 8.75. The number of nitrogens with zero attached hydrogens (tertiary/aromatic N) is 3. The first-order valence-corrected chi connectivity index (χ1v) is 8.59. The number of carbonyl (C=O) groups is 2. The lowest BCUT2D eigenvalue weighted by atomic mass is 10.0. The molecule has 0 radical (unpaired) electrons. The highest BCUT2D eigenvalue weighted by molar-refractivity contribution is 5.86. The van der Waals surface area contributed by atoms with Crippen molar-refractivity contribution in [3.63, 3.8) is 0 Å². The highest BCUT2D eigenvalue weighted by Gasteiger charge is 2.32. The van der Waals surface area contributed by atoms with E-state index in [4.69, 9.17) is 0 Å². The molecule has 146 valence electrons. The number of hydrogen-bond acceptors (Lipinski definition) is 3. The number of hydrogen-bond donors (Lipinski definition) is 1. The molecule has 0 aliphatic rings. The number of likely N-dealkylation sites (N-methyl/N-ethyl adjacent to an activating group) is 1. The molecular formula is C20H26ClN3O3. The van der Waals surface area contributed by atoms with E-state index in [1.54, 1.807) is 36.5 Å². The van der Waals surface area contributed by atoms with E-state index in [1.807, 2.05) is 44.2 Å². The molecule has 0 bridgehead atoms. The van der Waals surface area contributed by atoms with E-state index < -0.39 is 12.1 Å². The van der Waals surface area contributed by atoms with Crippen molar-refractivity contribution >= 4 is 24.4 Å². The second-order valence-corrected chi connectivity index (χ2v) is 6.51. The van der Waals surface area contributed by atoms with Crippen molar-refractivity contribution in [1.82, 2.24) is 14.8 Å². The van der Waals surface area contributed by atoms with Crippen molar-refractivity contribution in [1.29, 1.82) is 0 Å². The van der Waals surface area contributed by atoms with Gasteiger partial charge in [-0.1, -0.05) is 30.3 Å². The normalized spacial score (nSPS) is 11.4. The number of carbonyl (C=O) groups excluding carboxylic acids is 1. The van der Waals surface area contributed by atoms with Crippen LogP contribution in [0.5, 0.6) is 0 Å². The SMILES string of the molecule is CC(C)N(C)C(=O)[C@H](Cc1ccccc1)N(Cc1ccncc1)C(=O)O.Cl. The van der Waals surface area contributed by atoms with Crippen LogP contribution < -0.4 is 0 Å². The minimum absolute atomic E-state index is 0. The van der Waals surface area contributed by atoms with Gasteiger partial charge in [-0.25, -0.2) is 4.79 Å². The quantitative estimate of drug-likeness (QED) is 0.784. The van der Waals surface area contributed by atoms with Gasteiger partial charge in [0.15, 0.2) is 0 Å². The van der Waals surface area contributed by atoms with Gasteiger partial charge in [-0.2, -0.15) is 0 Å². The number of rotatable bonds is 7. The van der Waals surface area contributed by atoms with Crippen molar-refractivity contribution in [2.45, 2.75) is 38.9 Å². The van der Waals surface area contributed by atoms with Crippen LogP contribution in [0.15, 0.2) is 54.9 Å². The first-order chi connectivity index (χ1) is 12.4. The van der Waals surface area contributed by atoms with Gasteiger partial charge in [-0.15, -0.1) is 12.4 Å². The molecule has 0 saturated carbocycles. The Balaban J connectivity index is 0.00000364. The van der Waals surface area contributed by atoms with Crippen LogP contribution in [0.1, 0.15) is 25.0 Å². The lowest BCUT2D eigenvalue weighted by molar-refractivity contribution is -0.136. The highest BCUT2D eigenvalue weighted by Crippen LogP contribution is 2.16. The molecule has 2 amide bonds. The molecule has 0 fully saturated rings. The van der Waals surface area contributed by atoms with Crippen LogP contribution in [-0.2, 0) is 17.8 Å². The molecule has 0 unspecified atom stereocenters. The second-order valence-electron chi connectivity index (χ2n) is 6.51. The predicted octanol–water partition coefficient (Wildman–Crippen LogP) is 3.46. The molecule has 6 nitrogen and oxygen atoms in total. The second kappa shape index (κ2) is 10.5. The summed E-state index contributed by atoms with van der Waals surface area (Å²) in [5.41, 5.74) is 1.71. The third-order valence-corrected chi connectivity index (χ3v) is 4.40. The van der Waals surface area contributed by atoms with Gasteiger partial charge in [-0.3, -0.25) is 14.7 Å². The Morgan fingerprint density at radius 1 is 1.04 bits per heavy atom. The smallest absolute Gasteiger partial charge is 0.408 e. The van der Waals surface area contributed by atoms with Crippen LogP contribution in [-0.4, -0.2) is 51.0 Å². The first kappa shape index (κ1) is 22.4. The molecule has 2 rings (SSSR count). The summed E-state index contributed by atoms with van der Waals surface area (Å²) in [5, 5.41) is 9.79. The lowest BCUT2D eigenvalue weighted by Gasteiger charge is -2.33. The maximum atomic E-state index is 13.0. The molecule has 2 aromatic rings. The molecule has 1 atom stereocenters. The summed E-state index contributed by atoms with van der Waals surface area (Å²) in [6, 6.07) is 12.2. The van der Waals surface area contributed by atoms with Crippen molar-refractivity contribution in [2.24, 2.45) is 0 Å². The van der Waals surface area contributed by atoms with Crippen molar-refractivity contribution in [3.05, 3.63) is 66.0 Å². The van der Waals surface area contributed by atoms with Crippen LogP contribution in [0.3, 0.4) is 0 Å². The molecule has 7 heteroatoms. The summed E-state index contributed by atoms with van der Waals surface area (Å²) in [7, 11) is 1.71. The number of halogens is 1. The summed E-state index contributed by atoms with van der Waals surface area (Å²) in [6.07, 6.45) is 2.44. The number of amides is 2. The molecule has 1 aromatic carbocycles. The summed E-state index contributed by atoms with van der Waals surface area (Å²) < 4.78 is 0. The van der Waals surface area contributed by atoms with E-state index in [0.29, 0.717) is 6.42 Å². The molecule has 0 aliphatic carbocycles. The average molecular weight is 392 g/mol. The monoisotopic (exact) mass is 391 g/mol. The fourth-order valence-electron chi connectivity index (χ4n) is 2.65. The van der Waals surface area contributed by atoms with Gasteiger partial charge in [-0.05, 0) is 37.1 Å². The van der Waals surface area contributed by atoms with Gasteiger partial charge in [0.05, 0.1) is 0 Å². The molecular weight excluding hydrogens is 366 g/mol. The van der Waals surface area contributed by atoms with Gasteiger partial charge in [0.25, 0.3) is 0 Å². The number of aromatic nitrogens is 1. The van der Waals surface area contributed by atoms with Gasteiger partial charge in [0.2, 0.25) is 5.91 Å². The average Bonchev–Trinajstić information content (AvgIpc) is 2.64. The third kappa shape index (κ3) is 6.25. The Bertz CT molecular complexity index is 726. The van der Waals surface area contributed by atoms with Crippen LogP contribution in [0.2, 0.25) is 0 Å². The molecule has 0 saturated heterocycles. The Hall–Kier alpha value is -2.60. The van der Waals surface area contributed by atoms with E-state index in [0.717, 1.165) is 11.1 Å². The highest BCUT2D eigenvalue weighted by atomic mass is 35.5. The molecule has 0 aliphatic heterocycles. The van der Waals surface area contributed by atoms with E-state index in [1.165, 1.54) is 4.90 Å². The topological polar surface area (TPSA) is 73.7 Å². The summed E-state index contributed by atoms with van der Waals surface area (Å²) in [4.78, 5) is 31.8. The Labute approximate surface area is 166 Å². The summed E-state index contributed by atoms with van der Waals surface area (Å²) in [6.45, 7) is 3.95. The van der Waals surface area contributed by atoms with E-state index in [-0.39, 0.29) is 30.9 Å². The van der Waals surface area contributed by atoms with Crippen molar-refractivity contribution in [2.75, 3.05) is 7.05 Å². The maximum Gasteiger partial charge on any atom is 0.408 e. The number of pyridine rings is 1. The molecule has 0 spiro atoms. The van der Waals surface area contributed by atoms with E-state index in [2.05, 4.69) is 4.98 Å². The van der Waals surface area contributed by atoms with Gasteiger partial charge in [0, 0.05) is 38.4 Å². The maximum absolute atomic E-state index is 13.0. The van der Waals surface area contributed by atoms with Crippen LogP contribution in [0.4, 0.5) is 4.79 Å². The predicted molar refractivity (Wildman–Crippen MR) is 107 cm³/mol. The van der Waals surface area contributed by atoms with Crippen LogP contribution in [0.25, 0.3) is 0 Å². The van der Waals surface area contributed by atoms with Crippen molar-refractivity contribution < 1.29 is 14.7 Å². The van der Waals surface area contributed by atoms with Gasteiger partial charge in [0.1, 0.15) is 6.04 Å². The largest absolute Gasteiger partial charge is 0.465 e. The number of benzene rings is 1.